The fourth-order valence-electron chi connectivity index (χ4n) is 4.37. The van der Waals surface area contributed by atoms with Crippen molar-refractivity contribution in [3.8, 4) is 0 Å². The molecule has 0 radical (unpaired) electrons. The predicted molar refractivity (Wildman–Crippen MR) is 95.3 cm³/mol. The van der Waals surface area contributed by atoms with Gasteiger partial charge in [0.1, 0.15) is 6.54 Å². The Morgan fingerprint density at radius 2 is 1.92 bits per heavy atom. The van der Waals surface area contributed by atoms with Crippen LogP contribution in [0, 0.1) is 5.92 Å². The van der Waals surface area contributed by atoms with Crippen LogP contribution in [0.1, 0.15) is 30.5 Å². The van der Waals surface area contributed by atoms with E-state index >= 15 is 0 Å². The second-order valence-corrected chi connectivity index (χ2v) is 7.06. The quantitative estimate of drug-likeness (QED) is 0.807. The van der Waals surface area contributed by atoms with E-state index in [-0.39, 0.29) is 17.8 Å². The van der Waals surface area contributed by atoms with Crippen LogP contribution in [0.2, 0.25) is 0 Å². The summed E-state index contributed by atoms with van der Waals surface area (Å²) in [6, 6.07) is 8.40. The van der Waals surface area contributed by atoms with Crippen molar-refractivity contribution < 1.29 is 14.3 Å². The van der Waals surface area contributed by atoms with Gasteiger partial charge in [-0.05, 0) is 43.7 Å². The van der Waals surface area contributed by atoms with Gasteiger partial charge in [0.15, 0.2) is 0 Å². The van der Waals surface area contributed by atoms with E-state index in [1.165, 1.54) is 35.7 Å². The summed E-state index contributed by atoms with van der Waals surface area (Å²) in [6.07, 6.45) is 4.74. The predicted octanol–water partition coefficient (Wildman–Crippen LogP) is 2.54. The number of hydrogen-bond acceptors (Lipinski definition) is 3. The Bertz CT molecular complexity index is 816. The van der Waals surface area contributed by atoms with E-state index in [0.717, 1.165) is 12.8 Å². The topological polar surface area (TPSA) is 51.5 Å². The number of carbonyl (C=O) groups is 2. The van der Waals surface area contributed by atoms with Crippen LogP contribution in [-0.4, -0.2) is 41.5 Å². The molecule has 1 aromatic heterocycles. The number of para-hydroxylation sites is 1. The summed E-state index contributed by atoms with van der Waals surface area (Å²) < 4.78 is 7.04. The van der Waals surface area contributed by atoms with Crippen molar-refractivity contribution in [2.24, 2.45) is 5.92 Å². The molecule has 1 amide bonds. The Hall–Kier alpha value is -2.30. The summed E-state index contributed by atoms with van der Waals surface area (Å²) in [5.74, 6) is -0.0641. The maximum atomic E-state index is 12.8. The first-order chi connectivity index (χ1) is 12.2. The standard InChI is InChI=1S/C20H24N2O3/c1-25-20(24)14-9-11-21(12-10-14)19(23)13-22-17-7-3-2-5-15(17)16-6-4-8-18(16)22/h2-3,5,7,14H,4,6,8-13H2,1H3. The molecular weight excluding hydrogens is 316 g/mol. The second kappa shape index (κ2) is 6.54. The maximum absolute atomic E-state index is 12.8. The molecule has 5 heteroatoms. The van der Waals surface area contributed by atoms with Gasteiger partial charge in [-0.3, -0.25) is 9.59 Å². The summed E-state index contributed by atoms with van der Waals surface area (Å²) >= 11 is 0. The highest BCUT2D eigenvalue weighted by molar-refractivity contribution is 5.88. The minimum Gasteiger partial charge on any atom is -0.469 e. The lowest BCUT2D eigenvalue weighted by molar-refractivity contribution is -0.149. The summed E-state index contributed by atoms with van der Waals surface area (Å²) in [6.45, 7) is 1.68. The van der Waals surface area contributed by atoms with Gasteiger partial charge in [0.2, 0.25) is 5.91 Å². The fraction of sp³-hybridized carbons (Fsp3) is 0.500. The third-order valence-electron chi connectivity index (χ3n) is 5.71. The lowest BCUT2D eigenvalue weighted by Gasteiger charge is -2.31. The molecule has 0 atom stereocenters. The van der Waals surface area contributed by atoms with Crippen LogP contribution in [0.25, 0.3) is 10.9 Å². The van der Waals surface area contributed by atoms with Crippen LogP contribution in [0.15, 0.2) is 24.3 Å². The number of likely N-dealkylation sites (tertiary alicyclic amines) is 1. The number of amides is 1. The van der Waals surface area contributed by atoms with E-state index in [4.69, 9.17) is 4.74 Å². The maximum Gasteiger partial charge on any atom is 0.308 e. The number of piperidine rings is 1. The van der Waals surface area contributed by atoms with Crippen LogP contribution in [-0.2, 0) is 33.7 Å². The van der Waals surface area contributed by atoms with E-state index < -0.39 is 0 Å². The number of ether oxygens (including phenoxy) is 1. The Morgan fingerprint density at radius 1 is 1.16 bits per heavy atom. The lowest BCUT2D eigenvalue weighted by atomic mass is 9.97. The van der Waals surface area contributed by atoms with Gasteiger partial charge < -0.3 is 14.2 Å². The second-order valence-electron chi connectivity index (χ2n) is 7.06. The van der Waals surface area contributed by atoms with E-state index in [9.17, 15) is 9.59 Å². The zero-order chi connectivity index (χ0) is 17.4. The number of benzene rings is 1. The molecular formula is C20H24N2O3. The van der Waals surface area contributed by atoms with Gasteiger partial charge in [-0.2, -0.15) is 0 Å². The van der Waals surface area contributed by atoms with Crippen molar-refractivity contribution in [2.75, 3.05) is 20.2 Å². The van der Waals surface area contributed by atoms with Gasteiger partial charge in [0.05, 0.1) is 13.0 Å². The lowest BCUT2D eigenvalue weighted by Crippen LogP contribution is -2.42. The molecule has 1 aliphatic heterocycles. The largest absolute Gasteiger partial charge is 0.469 e. The van der Waals surface area contributed by atoms with Crippen LogP contribution in [0.3, 0.4) is 0 Å². The number of aryl methyl sites for hydroxylation is 1. The molecule has 1 saturated heterocycles. The van der Waals surface area contributed by atoms with Gasteiger partial charge >= 0.3 is 5.97 Å². The van der Waals surface area contributed by atoms with Crippen molar-refractivity contribution >= 4 is 22.8 Å². The third kappa shape index (κ3) is 2.81. The summed E-state index contributed by atoms with van der Waals surface area (Å²) in [7, 11) is 1.43. The number of hydrogen-bond donors (Lipinski definition) is 0. The fourth-order valence-corrected chi connectivity index (χ4v) is 4.37. The Morgan fingerprint density at radius 3 is 2.68 bits per heavy atom. The van der Waals surface area contributed by atoms with Gasteiger partial charge in [0.25, 0.3) is 0 Å². The van der Waals surface area contributed by atoms with Crippen molar-refractivity contribution in [2.45, 2.75) is 38.6 Å². The molecule has 0 N–H and O–H groups in total. The minimum absolute atomic E-state index is 0.0642. The van der Waals surface area contributed by atoms with Crippen molar-refractivity contribution in [3.63, 3.8) is 0 Å². The minimum atomic E-state index is -0.152. The number of nitrogens with zero attached hydrogens (tertiary/aromatic N) is 2. The molecule has 2 aliphatic rings. The zero-order valence-corrected chi connectivity index (χ0v) is 14.7. The summed E-state index contributed by atoms with van der Waals surface area (Å²) in [5, 5.41) is 1.30. The smallest absolute Gasteiger partial charge is 0.308 e. The molecule has 4 rings (SSSR count). The molecule has 132 valence electrons. The molecule has 5 nitrogen and oxygen atoms in total. The highest BCUT2D eigenvalue weighted by Crippen LogP contribution is 2.33. The zero-order valence-electron chi connectivity index (χ0n) is 14.7. The average Bonchev–Trinajstić information content (AvgIpc) is 3.24. The average molecular weight is 340 g/mol. The van der Waals surface area contributed by atoms with Crippen molar-refractivity contribution in [1.29, 1.82) is 0 Å². The molecule has 2 heterocycles. The van der Waals surface area contributed by atoms with Crippen molar-refractivity contribution in [3.05, 3.63) is 35.5 Å². The van der Waals surface area contributed by atoms with Gasteiger partial charge in [-0.25, -0.2) is 0 Å². The van der Waals surface area contributed by atoms with E-state index in [1.807, 2.05) is 11.0 Å². The number of esters is 1. The van der Waals surface area contributed by atoms with E-state index in [0.29, 0.717) is 32.5 Å². The molecule has 1 aliphatic carbocycles. The van der Waals surface area contributed by atoms with Crippen molar-refractivity contribution in [1.82, 2.24) is 9.47 Å². The number of fused-ring (bicyclic) bond motifs is 3. The molecule has 0 unspecified atom stereocenters. The van der Waals surface area contributed by atoms with E-state index in [2.05, 4.69) is 22.8 Å². The molecule has 1 aromatic carbocycles. The first kappa shape index (κ1) is 16.2. The Kier molecular flexibility index (Phi) is 4.24. The van der Waals surface area contributed by atoms with Crippen LogP contribution in [0.5, 0.6) is 0 Å². The first-order valence-electron chi connectivity index (χ1n) is 9.13. The first-order valence-corrected chi connectivity index (χ1v) is 9.13. The van der Waals surface area contributed by atoms with Crippen LogP contribution >= 0.6 is 0 Å². The highest BCUT2D eigenvalue weighted by atomic mass is 16.5. The Balaban J connectivity index is 1.51. The number of carbonyl (C=O) groups excluding carboxylic acids is 2. The van der Waals surface area contributed by atoms with E-state index in [1.54, 1.807) is 0 Å². The highest BCUT2D eigenvalue weighted by Gasteiger charge is 2.29. The van der Waals surface area contributed by atoms with Crippen LogP contribution in [0.4, 0.5) is 0 Å². The summed E-state index contributed by atoms with van der Waals surface area (Å²) in [4.78, 5) is 26.4. The number of rotatable bonds is 3. The molecule has 2 aromatic rings. The monoisotopic (exact) mass is 340 g/mol. The summed E-state index contributed by atoms with van der Waals surface area (Å²) in [5.41, 5.74) is 3.93. The molecule has 0 spiro atoms. The number of aromatic nitrogens is 1. The molecule has 0 saturated carbocycles. The van der Waals surface area contributed by atoms with Crippen LogP contribution < -0.4 is 0 Å². The molecule has 1 fully saturated rings. The molecule has 25 heavy (non-hydrogen) atoms. The molecule has 0 bridgehead atoms. The number of methoxy groups -OCH3 is 1. The van der Waals surface area contributed by atoms with Gasteiger partial charge in [-0.15, -0.1) is 0 Å². The van der Waals surface area contributed by atoms with Gasteiger partial charge in [0, 0.05) is 29.7 Å². The Labute approximate surface area is 147 Å². The normalized spacial score (nSPS) is 17.7. The van der Waals surface area contributed by atoms with Gasteiger partial charge in [-0.1, -0.05) is 18.2 Å². The SMILES string of the molecule is COC(=O)C1CCN(C(=O)Cn2c3c(c4ccccc42)CCC3)CC1. The third-order valence-corrected chi connectivity index (χ3v) is 5.71.